The van der Waals surface area contributed by atoms with Gasteiger partial charge in [0, 0.05) is 11.3 Å². The summed E-state index contributed by atoms with van der Waals surface area (Å²) < 4.78 is 0. The first kappa shape index (κ1) is 9.59. The van der Waals surface area contributed by atoms with E-state index in [1.165, 1.54) is 5.56 Å². The lowest BCUT2D eigenvalue weighted by Crippen LogP contribution is -1.97. The molecule has 0 aliphatic heterocycles. The minimum absolute atomic E-state index is 0.816. The molecule has 0 amide bonds. The molecule has 0 aliphatic carbocycles. The van der Waals surface area contributed by atoms with Crippen molar-refractivity contribution >= 4 is 5.70 Å². The molecular formula is C12H15N. The Bertz CT molecular complexity index is 335. The second-order valence-electron chi connectivity index (χ2n) is 2.96. The van der Waals surface area contributed by atoms with Gasteiger partial charge in [0.1, 0.15) is 0 Å². The summed E-state index contributed by atoms with van der Waals surface area (Å²) in [6.45, 7) is 4.04. The van der Waals surface area contributed by atoms with Crippen molar-refractivity contribution in [1.29, 1.82) is 0 Å². The Hall–Kier alpha value is -1.50. The maximum Gasteiger partial charge on any atom is 0.0390 e. The van der Waals surface area contributed by atoms with Gasteiger partial charge in [-0.3, -0.25) is 0 Å². The van der Waals surface area contributed by atoms with Gasteiger partial charge in [0.25, 0.3) is 0 Å². The highest BCUT2D eigenvalue weighted by molar-refractivity contribution is 5.66. The molecule has 1 nitrogen and oxygen atoms in total. The standard InChI is InChI=1S/C12H15N/c1-3-4-9-12(13)11-8-6-5-7-10(11)2/h3-9H,13H2,1-2H3/b4-3-,12-9-. The van der Waals surface area contributed by atoms with E-state index in [1.807, 2.05) is 43.4 Å². The fourth-order valence-corrected chi connectivity index (χ4v) is 1.19. The van der Waals surface area contributed by atoms with Crippen molar-refractivity contribution in [2.24, 2.45) is 5.73 Å². The van der Waals surface area contributed by atoms with Gasteiger partial charge in [0.15, 0.2) is 0 Å². The highest BCUT2D eigenvalue weighted by Crippen LogP contribution is 2.13. The van der Waals surface area contributed by atoms with Crippen molar-refractivity contribution in [1.82, 2.24) is 0 Å². The van der Waals surface area contributed by atoms with E-state index in [1.54, 1.807) is 0 Å². The van der Waals surface area contributed by atoms with Gasteiger partial charge in [0.05, 0.1) is 0 Å². The third kappa shape index (κ3) is 2.48. The van der Waals surface area contributed by atoms with Crippen LogP contribution in [0.2, 0.25) is 0 Å². The Morgan fingerprint density at radius 1 is 1.31 bits per heavy atom. The number of aryl methyl sites for hydroxylation is 1. The van der Waals surface area contributed by atoms with Crippen LogP contribution in [-0.4, -0.2) is 0 Å². The fourth-order valence-electron chi connectivity index (χ4n) is 1.19. The first-order valence-corrected chi connectivity index (χ1v) is 4.40. The lowest BCUT2D eigenvalue weighted by Gasteiger charge is -2.03. The minimum Gasteiger partial charge on any atom is -0.398 e. The number of rotatable bonds is 2. The average molecular weight is 173 g/mol. The van der Waals surface area contributed by atoms with E-state index in [0.717, 1.165) is 11.3 Å². The predicted molar refractivity (Wildman–Crippen MR) is 58.2 cm³/mol. The molecule has 2 N–H and O–H groups in total. The molecule has 68 valence electrons. The van der Waals surface area contributed by atoms with Gasteiger partial charge in [-0.2, -0.15) is 0 Å². The summed E-state index contributed by atoms with van der Waals surface area (Å²) in [5.74, 6) is 0. The van der Waals surface area contributed by atoms with Crippen molar-refractivity contribution in [3.05, 3.63) is 53.6 Å². The van der Waals surface area contributed by atoms with Gasteiger partial charge in [-0.05, 0) is 25.5 Å². The van der Waals surface area contributed by atoms with Crippen LogP contribution in [0.15, 0.2) is 42.5 Å². The van der Waals surface area contributed by atoms with Crippen molar-refractivity contribution in [3.63, 3.8) is 0 Å². The van der Waals surface area contributed by atoms with E-state index < -0.39 is 0 Å². The predicted octanol–water partition coefficient (Wildman–Crippen LogP) is 2.87. The van der Waals surface area contributed by atoms with Crippen molar-refractivity contribution in [2.75, 3.05) is 0 Å². The molecule has 1 rings (SSSR count). The van der Waals surface area contributed by atoms with E-state index in [-0.39, 0.29) is 0 Å². The summed E-state index contributed by atoms with van der Waals surface area (Å²) in [6.07, 6.45) is 5.83. The SMILES string of the molecule is C/C=C\C=C(/N)c1ccccc1C. The maximum absolute atomic E-state index is 5.89. The third-order valence-corrected chi connectivity index (χ3v) is 1.92. The summed E-state index contributed by atoms with van der Waals surface area (Å²) in [5, 5.41) is 0. The zero-order chi connectivity index (χ0) is 9.68. The van der Waals surface area contributed by atoms with Crippen molar-refractivity contribution in [2.45, 2.75) is 13.8 Å². The minimum atomic E-state index is 0.816. The van der Waals surface area contributed by atoms with E-state index in [2.05, 4.69) is 13.0 Å². The molecule has 1 aromatic rings. The number of allylic oxidation sites excluding steroid dienone is 3. The molecular weight excluding hydrogens is 158 g/mol. The first-order chi connectivity index (χ1) is 6.25. The zero-order valence-corrected chi connectivity index (χ0v) is 8.12. The maximum atomic E-state index is 5.89. The monoisotopic (exact) mass is 173 g/mol. The van der Waals surface area contributed by atoms with Crippen LogP contribution in [0.4, 0.5) is 0 Å². The smallest absolute Gasteiger partial charge is 0.0390 e. The fraction of sp³-hybridized carbons (Fsp3) is 0.167. The molecule has 0 heterocycles. The van der Waals surface area contributed by atoms with Crippen LogP contribution < -0.4 is 5.73 Å². The number of hydrogen-bond acceptors (Lipinski definition) is 1. The van der Waals surface area contributed by atoms with Crippen LogP contribution in [-0.2, 0) is 0 Å². The second-order valence-corrected chi connectivity index (χ2v) is 2.96. The summed E-state index contributed by atoms with van der Waals surface area (Å²) in [4.78, 5) is 0. The van der Waals surface area contributed by atoms with E-state index in [4.69, 9.17) is 5.73 Å². The molecule has 1 aromatic carbocycles. The summed E-state index contributed by atoms with van der Waals surface area (Å²) in [5.41, 5.74) is 9.03. The Morgan fingerprint density at radius 2 is 2.00 bits per heavy atom. The lowest BCUT2D eigenvalue weighted by atomic mass is 10.1. The molecule has 0 bridgehead atoms. The second kappa shape index (κ2) is 4.51. The van der Waals surface area contributed by atoms with E-state index >= 15 is 0 Å². The summed E-state index contributed by atoms with van der Waals surface area (Å²) in [7, 11) is 0. The van der Waals surface area contributed by atoms with Crippen LogP contribution in [0.1, 0.15) is 18.1 Å². The van der Waals surface area contributed by atoms with Gasteiger partial charge in [-0.15, -0.1) is 0 Å². The third-order valence-electron chi connectivity index (χ3n) is 1.92. The average Bonchev–Trinajstić information content (AvgIpc) is 2.15. The van der Waals surface area contributed by atoms with Crippen LogP contribution in [0, 0.1) is 6.92 Å². The normalized spacial score (nSPS) is 12.3. The molecule has 0 spiro atoms. The molecule has 0 aromatic heterocycles. The molecule has 0 radical (unpaired) electrons. The highest BCUT2D eigenvalue weighted by atomic mass is 14.6. The Balaban J connectivity index is 3.01. The van der Waals surface area contributed by atoms with Crippen molar-refractivity contribution < 1.29 is 0 Å². The molecule has 0 unspecified atom stereocenters. The van der Waals surface area contributed by atoms with Gasteiger partial charge >= 0.3 is 0 Å². The molecule has 0 aliphatic rings. The molecule has 0 saturated heterocycles. The first-order valence-electron chi connectivity index (χ1n) is 4.40. The van der Waals surface area contributed by atoms with Gasteiger partial charge in [0.2, 0.25) is 0 Å². The summed E-state index contributed by atoms with van der Waals surface area (Å²) in [6, 6.07) is 8.11. The van der Waals surface area contributed by atoms with Crippen LogP contribution >= 0.6 is 0 Å². The molecule has 0 fully saturated rings. The van der Waals surface area contributed by atoms with Gasteiger partial charge in [-0.1, -0.05) is 36.4 Å². The Labute approximate surface area is 79.6 Å². The molecule has 1 heteroatoms. The van der Waals surface area contributed by atoms with Crippen LogP contribution in [0.3, 0.4) is 0 Å². The zero-order valence-electron chi connectivity index (χ0n) is 8.12. The molecule has 0 saturated carbocycles. The van der Waals surface area contributed by atoms with E-state index in [0.29, 0.717) is 0 Å². The topological polar surface area (TPSA) is 26.0 Å². The number of benzene rings is 1. The number of hydrogen-bond donors (Lipinski definition) is 1. The van der Waals surface area contributed by atoms with Crippen LogP contribution in [0.5, 0.6) is 0 Å². The summed E-state index contributed by atoms with van der Waals surface area (Å²) >= 11 is 0. The van der Waals surface area contributed by atoms with Crippen molar-refractivity contribution in [3.8, 4) is 0 Å². The highest BCUT2D eigenvalue weighted by Gasteiger charge is 1.97. The number of nitrogens with two attached hydrogens (primary N) is 1. The quantitative estimate of drug-likeness (QED) is 0.684. The van der Waals surface area contributed by atoms with Crippen LogP contribution in [0.25, 0.3) is 5.70 Å². The van der Waals surface area contributed by atoms with Gasteiger partial charge < -0.3 is 5.73 Å². The van der Waals surface area contributed by atoms with Gasteiger partial charge in [-0.25, -0.2) is 0 Å². The largest absolute Gasteiger partial charge is 0.398 e. The Kier molecular flexibility index (Phi) is 3.32. The van der Waals surface area contributed by atoms with E-state index in [9.17, 15) is 0 Å². The Morgan fingerprint density at radius 3 is 2.62 bits per heavy atom. The lowest BCUT2D eigenvalue weighted by molar-refractivity contribution is 1.39. The molecule has 13 heavy (non-hydrogen) atoms. The molecule has 0 atom stereocenters.